The van der Waals surface area contributed by atoms with Gasteiger partial charge >= 0.3 is 0 Å². The Bertz CT molecular complexity index is 552. The van der Waals surface area contributed by atoms with Crippen molar-refractivity contribution in [1.29, 1.82) is 0 Å². The Kier molecular flexibility index (Phi) is 4.39. The highest BCUT2D eigenvalue weighted by Crippen LogP contribution is 2.19. The van der Waals surface area contributed by atoms with Gasteiger partial charge in [0, 0.05) is 23.7 Å². The third kappa shape index (κ3) is 3.24. The van der Waals surface area contributed by atoms with Gasteiger partial charge in [0.15, 0.2) is 10.2 Å². The molecule has 2 rings (SSSR count). The molecule has 0 bridgehead atoms. The van der Waals surface area contributed by atoms with E-state index in [-0.39, 0.29) is 23.6 Å². The van der Waals surface area contributed by atoms with E-state index in [9.17, 15) is 8.78 Å². The number of nitrogens with zero attached hydrogens (tertiary/aromatic N) is 2. The van der Waals surface area contributed by atoms with E-state index in [2.05, 4.69) is 4.98 Å². The molecule has 0 saturated carbocycles. The molecule has 2 aromatic rings. The number of nitrogens with two attached hydrogens (primary N) is 1. The van der Waals surface area contributed by atoms with Gasteiger partial charge in [0.1, 0.15) is 11.6 Å². The number of aromatic nitrogens is 1. The van der Waals surface area contributed by atoms with Gasteiger partial charge in [0.2, 0.25) is 0 Å². The molecule has 0 fully saturated rings. The zero-order valence-corrected chi connectivity index (χ0v) is 11.5. The van der Waals surface area contributed by atoms with Crippen LogP contribution >= 0.6 is 23.6 Å². The monoisotopic (exact) mass is 299 g/mol. The molecule has 3 nitrogen and oxygen atoms in total. The minimum Gasteiger partial charge on any atom is -0.376 e. The van der Waals surface area contributed by atoms with E-state index in [1.807, 2.05) is 0 Å². The lowest BCUT2D eigenvalue weighted by Gasteiger charge is -2.19. The number of thiazole rings is 1. The standard InChI is InChI=1S/C12H11F2N3S2/c13-9-2-1-3-10(14)8(9)4-6-17(11(15)18)12-16-5-7-19-12/h1-3,5,7H,4,6H2,(H2,15,18). The molecular weight excluding hydrogens is 288 g/mol. The maximum absolute atomic E-state index is 13.5. The van der Waals surface area contributed by atoms with Crippen LogP contribution in [0, 0.1) is 11.6 Å². The second kappa shape index (κ2) is 6.03. The largest absolute Gasteiger partial charge is 0.376 e. The Morgan fingerprint density at radius 2 is 2.05 bits per heavy atom. The molecule has 0 aliphatic heterocycles. The summed E-state index contributed by atoms with van der Waals surface area (Å²) in [7, 11) is 0. The van der Waals surface area contributed by atoms with Crippen LogP contribution in [-0.2, 0) is 6.42 Å². The molecule has 0 aliphatic carbocycles. The van der Waals surface area contributed by atoms with Crippen LogP contribution in [0.25, 0.3) is 0 Å². The Balaban J connectivity index is 2.14. The number of halogens is 2. The van der Waals surface area contributed by atoms with Gasteiger partial charge in [-0.2, -0.15) is 0 Å². The zero-order chi connectivity index (χ0) is 13.8. The van der Waals surface area contributed by atoms with Crippen molar-refractivity contribution in [2.45, 2.75) is 6.42 Å². The van der Waals surface area contributed by atoms with Gasteiger partial charge in [-0.15, -0.1) is 11.3 Å². The summed E-state index contributed by atoms with van der Waals surface area (Å²) in [6, 6.07) is 3.79. The molecule has 0 saturated heterocycles. The van der Waals surface area contributed by atoms with E-state index in [4.69, 9.17) is 18.0 Å². The Morgan fingerprint density at radius 1 is 1.37 bits per heavy atom. The average Bonchev–Trinajstić information content (AvgIpc) is 2.86. The molecule has 0 atom stereocenters. The SMILES string of the molecule is NC(=S)N(CCc1c(F)cccc1F)c1nccs1. The van der Waals surface area contributed by atoms with Crippen LogP contribution in [0.5, 0.6) is 0 Å². The van der Waals surface area contributed by atoms with E-state index >= 15 is 0 Å². The van der Waals surface area contributed by atoms with E-state index < -0.39 is 11.6 Å². The molecule has 7 heteroatoms. The second-order valence-corrected chi connectivity index (χ2v) is 5.05. The number of thiocarbonyl (C=S) groups is 1. The third-order valence-electron chi connectivity index (χ3n) is 2.56. The molecule has 2 N–H and O–H groups in total. The molecule has 0 unspecified atom stereocenters. The lowest BCUT2D eigenvalue weighted by molar-refractivity contribution is 0.555. The van der Waals surface area contributed by atoms with Crippen molar-refractivity contribution >= 4 is 33.8 Å². The number of hydrogen-bond donors (Lipinski definition) is 1. The van der Waals surface area contributed by atoms with Crippen LogP contribution in [0.1, 0.15) is 5.56 Å². The summed E-state index contributed by atoms with van der Waals surface area (Å²) in [5.41, 5.74) is 5.63. The van der Waals surface area contributed by atoms with Crippen molar-refractivity contribution < 1.29 is 8.78 Å². The summed E-state index contributed by atoms with van der Waals surface area (Å²) in [5, 5.41) is 2.53. The van der Waals surface area contributed by atoms with Crippen LogP contribution in [0.3, 0.4) is 0 Å². The summed E-state index contributed by atoms with van der Waals surface area (Å²) in [6.07, 6.45) is 1.78. The predicted molar refractivity (Wildman–Crippen MR) is 76.3 cm³/mol. The summed E-state index contributed by atoms with van der Waals surface area (Å²) < 4.78 is 27.0. The second-order valence-electron chi connectivity index (χ2n) is 3.75. The predicted octanol–water partition coefficient (Wildman–Crippen LogP) is 2.71. The molecule has 0 spiro atoms. The maximum Gasteiger partial charge on any atom is 0.191 e. The first-order valence-corrected chi connectivity index (χ1v) is 6.77. The van der Waals surface area contributed by atoms with Gasteiger partial charge in [-0.05, 0) is 30.8 Å². The summed E-state index contributed by atoms with van der Waals surface area (Å²) in [4.78, 5) is 5.65. The van der Waals surface area contributed by atoms with Crippen LogP contribution in [-0.4, -0.2) is 16.6 Å². The molecule has 1 aromatic carbocycles. The number of benzene rings is 1. The van der Waals surface area contributed by atoms with Crippen LogP contribution in [0.15, 0.2) is 29.8 Å². The van der Waals surface area contributed by atoms with E-state index in [1.54, 1.807) is 16.5 Å². The van der Waals surface area contributed by atoms with Crippen molar-refractivity contribution in [2.24, 2.45) is 5.73 Å². The molecule has 0 radical (unpaired) electrons. The van der Waals surface area contributed by atoms with Gasteiger partial charge in [-0.1, -0.05) is 6.07 Å². The smallest absolute Gasteiger partial charge is 0.191 e. The summed E-state index contributed by atoms with van der Waals surface area (Å²) >= 11 is 6.29. The first-order chi connectivity index (χ1) is 9.09. The summed E-state index contributed by atoms with van der Waals surface area (Å²) in [6.45, 7) is 0.278. The highest BCUT2D eigenvalue weighted by Gasteiger charge is 2.15. The van der Waals surface area contributed by atoms with Crippen molar-refractivity contribution in [3.05, 3.63) is 47.0 Å². The van der Waals surface area contributed by atoms with Gasteiger partial charge in [-0.25, -0.2) is 13.8 Å². The lowest BCUT2D eigenvalue weighted by atomic mass is 10.1. The summed E-state index contributed by atoms with van der Waals surface area (Å²) in [5.74, 6) is -1.14. The highest BCUT2D eigenvalue weighted by atomic mass is 32.1. The van der Waals surface area contributed by atoms with Crippen LogP contribution in [0.2, 0.25) is 0 Å². The fourth-order valence-electron chi connectivity index (χ4n) is 1.64. The van der Waals surface area contributed by atoms with E-state index in [1.165, 1.54) is 29.5 Å². The fourth-order valence-corrected chi connectivity index (χ4v) is 2.56. The highest BCUT2D eigenvalue weighted by molar-refractivity contribution is 7.80. The molecule has 0 amide bonds. The Hall–Kier alpha value is -1.60. The molecule has 19 heavy (non-hydrogen) atoms. The molecule has 100 valence electrons. The Morgan fingerprint density at radius 3 is 2.58 bits per heavy atom. The quantitative estimate of drug-likeness (QED) is 0.882. The first-order valence-electron chi connectivity index (χ1n) is 5.49. The zero-order valence-electron chi connectivity index (χ0n) is 9.85. The number of hydrogen-bond acceptors (Lipinski definition) is 3. The Labute approximate surface area is 118 Å². The first kappa shape index (κ1) is 13.8. The van der Waals surface area contributed by atoms with Crippen molar-refractivity contribution in [2.75, 3.05) is 11.4 Å². The number of anilines is 1. The van der Waals surface area contributed by atoms with E-state index in [0.717, 1.165) is 0 Å². The average molecular weight is 299 g/mol. The van der Waals surface area contributed by atoms with Gasteiger partial charge in [-0.3, -0.25) is 4.90 Å². The van der Waals surface area contributed by atoms with Crippen molar-refractivity contribution in [1.82, 2.24) is 4.98 Å². The van der Waals surface area contributed by atoms with Gasteiger partial charge < -0.3 is 5.73 Å². The van der Waals surface area contributed by atoms with Crippen LogP contribution < -0.4 is 10.6 Å². The number of rotatable bonds is 4. The fraction of sp³-hybridized carbons (Fsp3) is 0.167. The van der Waals surface area contributed by atoms with E-state index in [0.29, 0.717) is 5.13 Å². The lowest BCUT2D eigenvalue weighted by Crippen LogP contribution is -2.37. The topological polar surface area (TPSA) is 42.1 Å². The third-order valence-corrected chi connectivity index (χ3v) is 3.58. The van der Waals surface area contributed by atoms with Crippen molar-refractivity contribution in [3.8, 4) is 0 Å². The molecule has 1 heterocycles. The molecule has 1 aromatic heterocycles. The van der Waals surface area contributed by atoms with Gasteiger partial charge in [0.05, 0.1) is 0 Å². The maximum atomic E-state index is 13.5. The normalized spacial score (nSPS) is 10.4. The van der Waals surface area contributed by atoms with Gasteiger partial charge in [0.25, 0.3) is 0 Å². The van der Waals surface area contributed by atoms with Crippen LogP contribution in [0.4, 0.5) is 13.9 Å². The molecule has 0 aliphatic rings. The van der Waals surface area contributed by atoms with Crippen molar-refractivity contribution in [3.63, 3.8) is 0 Å². The molecular formula is C12H11F2N3S2. The minimum absolute atomic E-state index is 0.0281. The minimum atomic E-state index is -0.568.